The number of hydrogen-bond acceptors (Lipinski definition) is 4. The predicted octanol–water partition coefficient (Wildman–Crippen LogP) is 7.45. The standard InChI is InChI=1S/C16H16F3OP.C6H12F3PS.C5H8O2/c1-15(20,16(17,18)19)12-21(13-8-4-2-5-9-13)14-10-6-3-7-11-14;1-5(11,4-10(2)3)6(7,8)9;1-4(6)3-5(2)7/h2-11,20H,12H2,1H3;11H,4H2,1-3H3;3,6H,1-2H3/b;;4-3-. The first kappa shape index (κ1) is 37.4. The highest BCUT2D eigenvalue weighted by molar-refractivity contribution is 7.82. The zero-order valence-corrected chi connectivity index (χ0v) is 25.4. The average Bonchev–Trinajstić information content (AvgIpc) is 2.76. The Balaban J connectivity index is 0.000000671. The molecule has 0 aliphatic heterocycles. The number of ketones is 1. The molecule has 0 amide bonds. The van der Waals surface area contributed by atoms with Crippen LogP contribution in [0.1, 0.15) is 27.7 Å². The van der Waals surface area contributed by atoms with Gasteiger partial charge in [-0.1, -0.05) is 60.7 Å². The number of aliphatic hydroxyl groups is 2. The van der Waals surface area contributed by atoms with Crippen molar-refractivity contribution < 1.29 is 41.4 Å². The van der Waals surface area contributed by atoms with Crippen molar-refractivity contribution in [3.63, 3.8) is 0 Å². The van der Waals surface area contributed by atoms with E-state index in [4.69, 9.17) is 5.11 Å². The molecule has 0 aliphatic rings. The van der Waals surface area contributed by atoms with Crippen molar-refractivity contribution >= 4 is 44.9 Å². The number of hydrogen-bond donors (Lipinski definition) is 3. The summed E-state index contributed by atoms with van der Waals surface area (Å²) in [4.78, 5) is 10.0. The molecule has 2 unspecified atom stereocenters. The molecule has 2 aromatic rings. The summed E-state index contributed by atoms with van der Waals surface area (Å²) >= 11 is 3.60. The first-order chi connectivity index (χ1) is 17.6. The molecule has 2 aromatic carbocycles. The number of alkyl halides is 6. The fourth-order valence-electron chi connectivity index (χ4n) is 2.94. The average molecular weight is 617 g/mol. The minimum atomic E-state index is -4.64. The van der Waals surface area contributed by atoms with Crippen LogP contribution in [-0.2, 0) is 4.79 Å². The van der Waals surface area contributed by atoms with Gasteiger partial charge in [-0.25, -0.2) is 0 Å². The Labute approximate surface area is 234 Å². The van der Waals surface area contributed by atoms with E-state index < -0.39 is 38.5 Å². The van der Waals surface area contributed by atoms with Crippen LogP contribution >= 0.6 is 28.5 Å². The van der Waals surface area contributed by atoms with Crippen LogP contribution in [0.15, 0.2) is 72.5 Å². The molecule has 2 atom stereocenters. The zero-order valence-electron chi connectivity index (χ0n) is 22.7. The van der Waals surface area contributed by atoms with Crippen molar-refractivity contribution in [2.75, 3.05) is 25.7 Å². The molecule has 0 saturated heterocycles. The lowest BCUT2D eigenvalue weighted by Gasteiger charge is -2.31. The summed E-state index contributed by atoms with van der Waals surface area (Å²) in [5.41, 5.74) is -2.70. The van der Waals surface area contributed by atoms with E-state index in [1.807, 2.05) is 49.7 Å². The third-order valence-corrected chi connectivity index (χ3v) is 9.56. The molecule has 39 heavy (non-hydrogen) atoms. The van der Waals surface area contributed by atoms with Crippen LogP contribution in [0, 0.1) is 0 Å². The van der Waals surface area contributed by atoms with E-state index in [0.29, 0.717) is 0 Å². The molecular weight excluding hydrogens is 580 g/mol. The number of thiol groups is 1. The van der Waals surface area contributed by atoms with Gasteiger partial charge in [0, 0.05) is 12.2 Å². The molecule has 2 rings (SSSR count). The molecule has 0 fully saturated rings. The molecule has 12 heteroatoms. The van der Waals surface area contributed by atoms with Gasteiger partial charge in [-0.2, -0.15) is 39.0 Å². The van der Waals surface area contributed by atoms with Crippen molar-refractivity contribution in [3.8, 4) is 0 Å². The van der Waals surface area contributed by atoms with Gasteiger partial charge in [0.15, 0.2) is 11.4 Å². The molecule has 0 bridgehead atoms. The van der Waals surface area contributed by atoms with Crippen LogP contribution in [0.25, 0.3) is 0 Å². The Kier molecular flexibility index (Phi) is 15.3. The Bertz CT molecular complexity index is 982. The highest BCUT2D eigenvalue weighted by atomic mass is 32.1. The summed E-state index contributed by atoms with van der Waals surface area (Å²) in [7, 11) is -1.82. The van der Waals surface area contributed by atoms with Crippen LogP contribution in [0.2, 0.25) is 0 Å². The normalized spacial score (nSPS) is 15.3. The molecule has 0 aliphatic carbocycles. The van der Waals surface area contributed by atoms with Gasteiger partial charge in [0.05, 0.1) is 5.76 Å². The van der Waals surface area contributed by atoms with E-state index in [-0.39, 0.29) is 23.9 Å². The van der Waals surface area contributed by atoms with Gasteiger partial charge < -0.3 is 10.2 Å². The quantitative estimate of drug-likeness (QED) is 0.0997. The van der Waals surface area contributed by atoms with Crippen molar-refractivity contribution in [2.24, 2.45) is 0 Å². The second-order valence-electron chi connectivity index (χ2n) is 9.43. The van der Waals surface area contributed by atoms with Crippen molar-refractivity contribution in [3.05, 3.63) is 72.5 Å². The van der Waals surface area contributed by atoms with Crippen LogP contribution in [0.4, 0.5) is 26.3 Å². The Hall–Kier alpha value is -1.60. The summed E-state index contributed by atoms with van der Waals surface area (Å²) < 4.78 is 73.5. The number of rotatable bonds is 7. The van der Waals surface area contributed by atoms with Crippen molar-refractivity contribution in [1.82, 2.24) is 0 Å². The summed E-state index contributed by atoms with van der Waals surface area (Å²) in [5, 5.41) is 19.8. The fourth-order valence-corrected chi connectivity index (χ4v) is 7.73. The molecule has 0 saturated carbocycles. The second-order valence-corrected chi connectivity index (χ2v) is 15.1. The first-order valence-electron chi connectivity index (χ1n) is 11.6. The number of halogens is 6. The second kappa shape index (κ2) is 16.0. The van der Waals surface area contributed by atoms with E-state index in [0.717, 1.165) is 24.5 Å². The smallest absolute Gasteiger partial charge is 0.417 e. The topological polar surface area (TPSA) is 57.5 Å². The number of carbonyl (C=O) groups is 1. The van der Waals surface area contributed by atoms with Gasteiger partial charge >= 0.3 is 12.4 Å². The third kappa shape index (κ3) is 14.6. The monoisotopic (exact) mass is 616 g/mol. The maximum absolute atomic E-state index is 13.0. The highest BCUT2D eigenvalue weighted by Crippen LogP contribution is 2.44. The number of aliphatic hydroxyl groups excluding tert-OH is 1. The molecule has 2 N–H and O–H groups in total. The van der Waals surface area contributed by atoms with E-state index in [9.17, 15) is 36.2 Å². The third-order valence-electron chi connectivity index (χ3n) is 4.86. The Morgan fingerprint density at radius 2 is 1.21 bits per heavy atom. The molecule has 0 aromatic heterocycles. The molecule has 0 radical (unpaired) electrons. The molecule has 3 nitrogen and oxygen atoms in total. The van der Waals surface area contributed by atoms with Gasteiger partial charge in [-0.15, -0.1) is 7.92 Å². The number of allylic oxidation sites excluding steroid dienone is 2. The van der Waals surface area contributed by atoms with Crippen LogP contribution in [0.5, 0.6) is 0 Å². The lowest BCUT2D eigenvalue weighted by molar-refractivity contribution is -0.243. The Morgan fingerprint density at radius 1 is 0.821 bits per heavy atom. The Morgan fingerprint density at radius 3 is 1.41 bits per heavy atom. The van der Waals surface area contributed by atoms with Crippen molar-refractivity contribution in [2.45, 2.75) is 50.4 Å². The minimum Gasteiger partial charge on any atom is -0.512 e. The SMILES string of the molecule is CC(=O)/C=C(/C)O.CC(O)(CP(c1ccccc1)c1ccccc1)C(F)(F)F.CP(C)CC(C)(S)C(F)(F)F. The molecular formula is C27H36F6O3P2S. The maximum atomic E-state index is 13.0. The van der Waals surface area contributed by atoms with Crippen LogP contribution in [-0.4, -0.2) is 64.4 Å². The van der Waals surface area contributed by atoms with E-state index in [1.54, 1.807) is 24.3 Å². The predicted molar refractivity (Wildman–Crippen MR) is 155 cm³/mol. The molecule has 0 spiro atoms. The molecule has 220 valence electrons. The van der Waals surface area contributed by atoms with Gasteiger partial charge in [0.25, 0.3) is 0 Å². The molecule has 0 heterocycles. The lowest BCUT2D eigenvalue weighted by atomic mass is 10.1. The zero-order chi connectivity index (χ0) is 30.7. The van der Waals surface area contributed by atoms with E-state index in [2.05, 4.69) is 12.6 Å². The number of carbonyl (C=O) groups excluding carboxylic acids is 1. The van der Waals surface area contributed by atoms with Gasteiger partial charge in [0.1, 0.15) is 4.75 Å². The summed E-state index contributed by atoms with van der Waals surface area (Å²) in [6.07, 6.45) is -7.89. The summed E-state index contributed by atoms with van der Waals surface area (Å²) in [5.74, 6) is -0.0625. The van der Waals surface area contributed by atoms with E-state index in [1.165, 1.54) is 19.9 Å². The minimum absolute atomic E-state index is 0.0625. The van der Waals surface area contributed by atoms with Crippen LogP contribution in [0.3, 0.4) is 0 Å². The maximum Gasteiger partial charge on any atom is 0.417 e. The summed E-state index contributed by atoms with van der Waals surface area (Å²) in [6, 6.07) is 18.1. The fraction of sp³-hybridized carbons (Fsp3) is 0.444. The van der Waals surface area contributed by atoms with Gasteiger partial charge in [-0.05, 0) is 65.7 Å². The number of benzene rings is 2. The first-order valence-corrected chi connectivity index (χ1v) is 16.0. The van der Waals surface area contributed by atoms with Gasteiger partial charge in [0.2, 0.25) is 0 Å². The lowest BCUT2D eigenvalue weighted by Crippen LogP contribution is -2.46. The van der Waals surface area contributed by atoms with Crippen molar-refractivity contribution in [1.29, 1.82) is 0 Å². The summed E-state index contributed by atoms with van der Waals surface area (Å²) in [6.45, 7) is 8.44. The van der Waals surface area contributed by atoms with E-state index >= 15 is 0 Å². The van der Waals surface area contributed by atoms with Gasteiger partial charge in [-0.3, -0.25) is 4.79 Å². The largest absolute Gasteiger partial charge is 0.512 e. The van der Waals surface area contributed by atoms with Crippen LogP contribution < -0.4 is 10.6 Å². The highest BCUT2D eigenvalue weighted by Gasteiger charge is 2.51.